The van der Waals surface area contributed by atoms with E-state index in [2.05, 4.69) is 41.2 Å². The SMILES string of the molecule is CCC(C)C(N)C(=O)NCC(C)(C)c1ccccc1Br.Cl. The third-order valence-electron chi connectivity index (χ3n) is 3.87. The van der Waals surface area contributed by atoms with E-state index in [1.165, 1.54) is 5.56 Å². The van der Waals surface area contributed by atoms with Crippen molar-refractivity contribution in [3.05, 3.63) is 34.3 Å². The normalized spacial score (nSPS) is 14.0. The maximum atomic E-state index is 12.1. The lowest BCUT2D eigenvalue weighted by Crippen LogP contribution is -2.48. The highest BCUT2D eigenvalue weighted by Gasteiger charge is 2.26. The van der Waals surface area contributed by atoms with Crippen molar-refractivity contribution in [2.75, 3.05) is 6.54 Å². The van der Waals surface area contributed by atoms with Crippen LogP contribution in [0, 0.1) is 5.92 Å². The van der Waals surface area contributed by atoms with E-state index in [4.69, 9.17) is 5.73 Å². The van der Waals surface area contributed by atoms with Gasteiger partial charge in [0.05, 0.1) is 6.04 Å². The molecule has 2 atom stereocenters. The van der Waals surface area contributed by atoms with Crippen molar-refractivity contribution >= 4 is 34.2 Å². The number of hydrogen-bond acceptors (Lipinski definition) is 2. The lowest BCUT2D eigenvalue weighted by atomic mass is 9.84. The summed E-state index contributed by atoms with van der Waals surface area (Å²) in [6.45, 7) is 8.84. The van der Waals surface area contributed by atoms with Crippen LogP contribution in [0.5, 0.6) is 0 Å². The smallest absolute Gasteiger partial charge is 0.237 e. The van der Waals surface area contributed by atoms with Crippen LogP contribution < -0.4 is 11.1 Å². The molecule has 1 rings (SSSR count). The summed E-state index contributed by atoms with van der Waals surface area (Å²) in [4.78, 5) is 12.1. The topological polar surface area (TPSA) is 55.1 Å². The summed E-state index contributed by atoms with van der Waals surface area (Å²) in [5.74, 6) is 0.126. The predicted molar refractivity (Wildman–Crippen MR) is 94.9 cm³/mol. The molecule has 0 radical (unpaired) electrons. The van der Waals surface area contributed by atoms with E-state index in [-0.39, 0.29) is 29.6 Å². The third-order valence-corrected chi connectivity index (χ3v) is 4.56. The zero-order valence-electron chi connectivity index (χ0n) is 13.2. The number of nitrogens with one attached hydrogen (secondary N) is 1. The van der Waals surface area contributed by atoms with E-state index in [1.807, 2.05) is 32.0 Å². The van der Waals surface area contributed by atoms with Gasteiger partial charge in [-0.2, -0.15) is 0 Å². The van der Waals surface area contributed by atoms with Gasteiger partial charge in [-0.25, -0.2) is 0 Å². The van der Waals surface area contributed by atoms with Crippen molar-refractivity contribution in [1.29, 1.82) is 0 Å². The first-order chi connectivity index (χ1) is 9.29. The fourth-order valence-electron chi connectivity index (χ4n) is 2.04. The first-order valence-corrected chi connectivity index (χ1v) is 7.87. The van der Waals surface area contributed by atoms with Gasteiger partial charge in [0.1, 0.15) is 0 Å². The number of amides is 1. The minimum absolute atomic E-state index is 0. The zero-order valence-corrected chi connectivity index (χ0v) is 15.6. The number of benzene rings is 1. The Morgan fingerprint density at radius 2 is 1.95 bits per heavy atom. The summed E-state index contributed by atoms with van der Waals surface area (Å²) in [5.41, 5.74) is 6.98. The average Bonchev–Trinajstić information content (AvgIpc) is 2.43. The molecule has 1 aromatic carbocycles. The molecule has 5 heteroatoms. The molecule has 2 unspecified atom stereocenters. The highest BCUT2D eigenvalue weighted by Crippen LogP contribution is 2.29. The van der Waals surface area contributed by atoms with Gasteiger partial charge in [0, 0.05) is 16.4 Å². The molecule has 0 saturated carbocycles. The average molecular weight is 378 g/mol. The van der Waals surface area contributed by atoms with E-state index < -0.39 is 6.04 Å². The Hall–Kier alpha value is -0.580. The molecule has 120 valence electrons. The molecule has 0 aliphatic carbocycles. The van der Waals surface area contributed by atoms with Gasteiger partial charge in [-0.1, -0.05) is 68.2 Å². The van der Waals surface area contributed by atoms with Gasteiger partial charge in [0.15, 0.2) is 0 Å². The van der Waals surface area contributed by atoms with Crippen LogP contribution in [-0.4, -0.2) is 18.5 Å². The van der Waals surface area contributed by atoms with Gasteiger partial charge in [-0.3, -0.25) is 4.79 Å². The van der Waals surface area contributed by atoms with Crippen molar-refractivity contribution in [3.8, 4) is 0 Å². The van der Waals surface area contributed by atoms with Crippen LogP contribution in [0.4, 0.5) is 0 Å². The Balaban J connectivity index is 0.00000400. The quantitative estimate of drug-likeness (QED) is 0.795. The fraction of sp³-hybridized carbons (Fsp3) is 0.562. The monoisotopic (exact) mass is 376 g/mol. The molecule has 0 aliphatic heterocycles. The second-order valence-electron chi connectivity index (χ2n) is 5.99. The van der Waals surface area contributed by atoms with Crippen LogP contribution in [0.15, 0.2) is 28.7 Å². The predicted octanol–water partition coefficient (Wildman–Crippen LogP) is 3.64. The lowest BCUT2D eigenvalue weighted by molar-refractivity contribution is -0.123. The van der Waals surface area contributed by atoms with Crippen LogP contribution in [0.2, 0.25) is 0 Å². The van der Waals surface area contributed by atoms with E-state index in [1.54, 1.807) is 0 Å². The molecule has 0 saturated heterocycles. The molecule has 1 amide bonds. The minimum Gasteiger partial charge on any atom is -0.354 e. The van der Waals surface area contributed by atoms with Gasteiger partial charge in [-0.15, -0.1) is 12.4 Å². The molecule has 3 nitrogen and oxygen atoms in total. The molecular weight excluding hydrogens is 352 g/mol. The summed E-state index contributed by atoms with van der Waals surface area (Å²) in [6.07, 6.45) is 0.905. The minimum atomic E-state index is -0.435. The number of halogens is 2. The summed E-state index contributed by atoms with van der Waals surface area (Å²) in [5, 5.41) is 2.98. The first-order valence-electron chi connectivity index (χ1n) is 7.08. The van der Waals surface area contributed by atoms with E-state index in [9.17, 15) is 4.79 Å². The van der Waals surface area contributed by atoms with Crippen molar-refractivity contribution < 1.29 is 4.79 Å². The molecule has 1 aromatic rings. The van der Waals surface area contributed by atoms with Gasteiger partial charge in [0.2, 0.25) is 5.91 Å². The Morgan fingerprint density at radius 3 is 2.48 bits per heavy atom. The maximum Gasteiger partial charge on any atom is 0.237 e. The molecule has 0 spiro atoms. The van der Waals surface area contributed by atoms with E-state index in [0.29, 0.717) is 6.54 Å². The summed E-state index contributed by atoms with van der Waals surface area (Å²) < 4.78 is 1.06. The van der Waals surface area contributed by atoms with Crippen LogP contribution >= 0.6 is 28.3 Å². The van der Waals surface area contributed by atoms with Gasteiger partial charge < -0.3 is 11.1 Å². The van der Waals surface area contributed by atoms with Crippen molar-refractivity contribution in [1.82, 2.24) is 5.32 Å². The van der Waals surface area contributed by atoms with Crippen LogP contribution in [0.3, 0.4) is 0 Å². The second-order valence-corrected chi connectivity index (χ2v) is 6.85. The second kappa shape index (κ2) is 8.76. The van der Waals surface area contributed by atoms with Gasteiger partial charge in [0.25, 0.3) is 0 Å². The summed E-state index contributed by atoms with van der Waals surface area (Å²) in [6, 6.07) is 7.65. The number of nitrogens with two attached hydrogens (primary N) is 1. The summed E-state index contributed by atoms with van der Waals surface area (Å²) in [7, 11) is 0. The highest BCUT2D eigenvalue weighted by atomic mass is 79.9. The molecule has 0 bridgehead atoms. The Bertz CT molecular complexity index is 465. The Kier molecular flexibility index (Phi) is 8.52. The molecule has 0 fully saturated rings. The van der Waals surface area contributed by atoms with Gasteiger partial charge in [-0.05, 0) is 17.5 Å². The number of hydrogen-bond donors (Lipinski definition) is 2. The maximum absolute atomic E-state index is 12.1. The zero-order chi connectivity index (χ0) is 15.3. The number of carbonyl (C=O) groups is 1. The molecule has 0 aliphatic rings. The number of carbonyl (C=O) groups excluding carboxylic acids is 1. The standard InChI is InChI=1S/C16H25BrN2O.ClH/c1-5-11(2)14(18)15(20)19-10-16(3,4)12-8-6-7-9-13(12)17;/h6-9,11,14H,5,10,18H2,1-4H3,(H,19,20);1H. The number of rotatable bonds is 6. The van der Waals surface area contributed by atoms with Crippen molar-refractivity contribution in [2.24, 2.45) is 11.7 Å². The molecule has 3 N–H and O–H groups in total. The van der Waals surface area contributed by atoms with Crippen molar-refractivity contribution in [3.63, 3.8) is 0 Å². The molecule has 0 aromatic heterocycles. The van der Waals surface area contributed by atoms with E-state index in [0.717, 1.165) is 10.9 Å². The van der Waals surface area contributed by atoms with Crippen molar-refractivity contribution in [2.45, 2.75) is 45.6 Å². The Morgan fingerprint density at radius 1 is 1.38 bits per heavy atom. The van der Waals surface area contributed by atoms with E-state index >= 15 is 0 Å². The largest absolute Gasteiger partial charge is 0.354 e. The van der Waals surface area contributed by atoms with Crippen LogP contribution in [-0.2, 0) is 10.2 Å². The Labute approximate surface area is 142 Å². The lowest BCUT2D eigenvalue weighted by Gasteiger charge is -2.28. The van der Waals surface area contributed by atoms with Gasteiger partial charge >= 0.3 is 0 Å². The highest BCUT2D eigenvalue weighted by molar-refractivity contribution is 9.10. The molecular formula is C16H26BrClN2O. The summed E-state index contributed by atoms with van der Waals surface area (Å²) >= 11 is 3.57. The van der Waals surface area contributed by atoms with Crippen LogP contribution in [0.1, 0.15) is 39.7 Å². The molecule has 0 heterocycles. The first kappa shape index (κ1) is 20.4. The third kappa shape index (κ3) is 5.61. The molecule has 21 heavy (non-hydrogen) atoms. The fourth-order valence-corrected chi connectivity index (χ4v) is 2.87. The van der Waals surface area contributed by atoms with Crippen LogP contribution in [0.25, 0.3) is 0 Å².